The Morgan fingerprint density at radius 1 is 1.70 bits per heavy atom. The second-order valence-electron chi connectivity index (χ2n) is 1.96. The van der Waals surface area contributed by atoms with E-state index < -0.39 is 12.1 Å². The minimum Gasteiger partial charge on any atom is -0.467 e. The number of carbonyl (C=O) groups is 1. The van der Waals surface area contributed by atoms with Crippen molar-refractivity contribution in [1.82, 2.24) is 0 Å². The number of hydrogen-bond acceptors (Lipinski definition) is 3. The molecule has 10 heavy (non-hydrogen) atoms. The van der Waals surface area contributed by atoms with Gasteiger partial charge in [-0.3, -0.25) is 0 Å². The van der Waals surface area contributed by atoms with Crippen molar-refractivity contribution in [2.75, 3.05) is 7.11 Å². The van der Waals surface area contributed by atoms with E-state index in [9.17, 15) is 4.79 Å². The summed E-state index contributed by atoms with van der Waals surface area (Å²) in [7, 11) is 1.24. The third kappa shape index (κ3) is 2.19. The molecule has 58 valence electrons. The lowest BCUT2D eigenvalue weighted by Crippen LogP contribution is -2.22. The van der Waals surface area contributed by atoms with Crippen LogP contribution in [0.5, 0.6) is 0 Å². The van der Waals surface area contributed by atoms with Crippen LogP contribution in [0.15, 0.2) is 11.6 Å². The van der Waals surface area contributed by atoms with Gasteiger partial charge in [0.05, 0.1) is 7.11 Å². The van der Waals surface area contributed by atoms with Crippen LogP contribution in [0.2, 0.25) is 0 Å². The molecule has 0 rings (SSSR count). The maximum atomic E-state index is 10.6. The number of esters is 1. The van der Waals surface area contributed by atoms with Crippen LogP contribution in [0.25, 0.3) is 0 Å². The first kappa shape index (κ1) is 9.17. The molecular formula is C7H12O3. The van der Waals surface area contributed by atoms with Crippen LogP contribution in [-0.2, 0) is 9.53 Å². The standard InChI is InChI=1S/C7H12O3/c1-4-5(2)6(8)7(9)10-3/h4,6,8H,1-3H3/b5-4+/t6-/m0/s1. The molecule has 3 heteroatoms. The molecule has 3 nitrogen and oxygen atoms in total. The van der Waals surface area contributed by atoms with Crippen molar-refractivity contribution in [3.8, 4) is 0 Å². The second kappa shape index (κ2) is 4.06. The summed E-state index contributed by atoms with van der Waals surface area (Å²) in [6.07, 6.45) is 0.566. The number of carbonyl (C=O) groups excluding carboxylic acids is 1. The number of hydrogen-bond donors (Lipinski definition) is 1. The molecule has 0 heterocycles. The first-order valence-corrected chi connectivity index (χ1v) is 3.02. The minimum atomic E-state index is -1.10. The van der Waals surface area contributed by atoms with E-state index in [4.69, 9.17) is 5.11 Å². The Morgan fingerprint density at radius 2 is 2.20 bits per heavy atom. The lowest BCUT2D eigenvalue weighted by atomic mass is 10.2. The number of methoxy groups -OCH3 is 1. The number of aliphatic hydroxyl groups is 1. The van der Waals surface area contributed by atoms with Gasteiger partial charge >= 0.3 is 5.97 Å². The van der Waals surface area contributed by atoms with Crippen LogP contribution >= 0.6 is 0 Å². The van der Waals surface area contributed by atoms with E-state index >= 15 is 0 Å². The normalized spacial score (nSPS) is 14.6. The lowest BCUT2D eigenvalue weighted by molar-refractivity contribution is -0.148. The second-order valence-corrected chi connectivity index (χ2v) is 1.96. The molecule has 0 bridgehead atoms. The quantitative estimate of drug-likeness (QED) is 0.453. The molecule has 0 saturated heterocycles. The third-order valence-electron chi connectivity index (χ3n) is 1.31. The molecule has 1 atom stereocenters. The molecule has 0 radical (unpaired) electrons. The molecule has 0 unspecified atom stereocenters. The van der Waals surface area contributed by atoms with E-state index in [0.29, 0.717) is 5.57 Å². The highest BCUT2D eigenvalue weighted by Gasteiger charge is 2.15. The Kier molecular flexibility index (Phi) is 3.72. The van der Waals surface area contributed by atoms with Gasteiger partial charge in [-0.2, -0.15) is 0 Å². The van der Waals surface area contributed by atoms with E-state index in [1.54, 1.807) is 19.9 Å². The summed E-state index contributed by atoms with van der Waals surface area (Å²) in [5, 5.41) is 9.04. The molecule has 0 saturated carbocycles. The van der Waals surface area contributed by atoms with Gasteiger partial charge in [-0.15, -0.1) is 0 Å². The summed E-state index contributed by atoms with van der Waals surface area (Å²) < 4.78 is 4.31. The predicted octanol–water partition coefficient (Wildman–Crippen LogP) is 0.486. The smallest absolute Gasteiger partial charge is 0.339 e. The molecule has 0 aliphatic heterocycles. The number of allylic oxidation sites excluding steroid dienone is 1. The Morgan fingerprint density at radius 3 is 2.50 bits per heavy atom. The molecule has 0 aromatic carbocycles. The van der Waals surface area contributed by atoms with Gasteiger partial charge < -0.3 is 9.84 Å². The number of ether oxygens (including phenoxy) is 1. The largest absolute Gasteiger partial charge is 0.467 e. The van der Waals surface area contributed by atoms with Gasteiger partial charge in [0.2, 0.25) is 0 Å². The van der Waals surface area contributed by atoms with Crippen LogP contribution in [0.4, 0.5) is 0 Å². The van der Waals surface area contributed by atoms with Crippen molar-refractivity contribution in [2.24, 2.45) is 0 Å². The molecule has 0 amide bonds. The summed E-state index contributed by atoms with van der Waals surface area (Å²) in [5.41, 5.74) is 0.604. The zero-order chi connectivity index (χ0) is 8.15. The minimum absolute atomic E-state index is 0.604. The molecule has 0 spiro atoms. The fourth-order valence-corrected chi connectivity index (χ4v) is 0.455. The topological polar surface area (TPSA) is 46.5 Å². The summed E-state index contributed by atoms with van der Waals surface area (Å²) >= 11 is 0. The summed E-state index contributed by atoms with van der Waals surface area (Å²) in [6.45, 7) is 3.42. The van der Waals surface area contributed by atoms with E-state index in [2.05, 4.69) is 4.74 Å². The average Bonchev–Trinajstić information content (AvgIpc) is 2.00. The maximum Gasteiger partial charge on any atom is 0.339 e. The highest BCUT2D eigenvalue weighted by molar-refractivity contribution is 5.77. The van der Waals surface area contributed by atoms with Crippen molar-refractivity contribution in [2.45, 2.75) is 20.0 Å². The Labute approximate surface area is 60.3 Å². The summed E-state index contributed by atoms with van der Waals surface area (Å²) in [5.74, 6) is -0.615. The fourth-order valence-electron chi connectivity index (χ4n) is 0.455. The van der Waals surface area contributed by atoms with E-state index in [1.807, 2.05) is 0 Å². The van der Waals surface area contributed by atoms with Crippen LogP contribution in [0.1, 0.15) is 13.8 Å². The zero-order valence-corrected chi connectivity index (χ0v) is 6.42. The third-order valence-corrected chi connectivity index (χ3v) is 1.31. The average molecular weight is 144 g/mol. The highest BCUT2D eigenvalue weighted by Crippen LogP contribution is 2.01. The van der Waals surface area contributed by atoms with Gasteiger partial charge in [0.15, 0.2) is 6.10 Å². The van der Waals surface area contributed by atoms with Crippen molar-refractivity contribution >= 4 is 5.97 Å². The first-order valence-electron chi connectivity index (χ1n) is 3.02. The monoisotopic (exact) mass is 144 g/mol. The van der Waals surface area contributed by atoms with Crippen molar-refractivity contribution in [3.05, 3.63) is 11.6 Å². The van der Waals surface area contributed by atoms with Crippen molar-refractivity contribution in [1.29, 1.82) is 0 Å². The summed E-state index contributed by atoms with van der Waals surface area (Å²) in [4.78, 5) is 10.6. The first-order chi connectivity index (χ1) is 4.63. The van der Waals surface area contributed by atoms with E-state index in [-0.39, 0.29) is 0 Å². The van der Waals surface area contributed by atoms with Gasteiger partial charge in [-0.25, -0.2) is 4.79 Å². The summed E-state index contributed by atoms with van der Waals surface area (Å²) in [6, 6.07) is 0. The Hall–Kier alpha value is -0.830. The molecule has 0 aliphatic carbocycles. The fraction of sp³-hybridized carbons (Fsp3) is 0.571. The van der Waals surface area contributed by atoms with Crippen LogP contribution in [-0.4, -0.2) is 24.3 Å². The molecule has 0 fully saturated rings. The lowest BCUT2D eigenvalue weighted by Gasteiger charge is -2.06. The SMILES string of the molecule is C/C=C(\C)[C@H](O)C(=O)OC. The van der Waals surface area contributed by atoms with Gasteiger partial charge in [0, 0.05) is 0 Å². The predicted molar refractivity (Wildman–Crippen MR) is 37.5 cm³/mol. The van der Waals surface area contributed by atoms with Gasteiger partial charge in [-0.1, -0.05) is 6.08 Å². The van der Waals surface area contributed by atoms with Crippen LogP contribution in [0.3, 0.4) is 0 Å². The van der Waals surface area contributed by atoms with Crippen LogP contribution < -0.4 is 0 Å². The Balaban J connectivity index is 4.08. The molecule has 1 N–H and O–H groups in total. The van der Waals surface area contributed by atoms with Crippen molar-refractivity contribution in [3.63, 3.8) is 0 Å². The molecule has 0 aliphatic rings. The maximum absolute atomic E-state index is 10.6. The molecule has 0 aromatic rings. The van der Waals surface area contributed by atoms with E-state index in [0.717, 1.165) is 0 Å². The number of aliphatic hydroxyl groups excluding tert-OH is 1. The van der Waals surface area contributed by atoms with Crippen molar-refractivity contribution < 1.29 is 14.6 Å². The highest BCUT2D eigenvalue weighted by atomic mass is 16.5. The number of rotatable bonds is 2. The van der Waals surface area contributed by atoms with E-state index in [1.165, 1.54) is 7.11 Å². The molecule has 0 aromatic heterocycles. The van der Waals surface area contributed by atoms with Crippen LogP contribution in [0, 0.1) is 0 Å². The van der Waals surface area contributed by atoms with Gasteiger partial charge in [-0.05, 0) is 19.4 Å². The molecular weight excluding hydrogens is 132 g/mol. The Bertz CT molecular complexity index is 149. The van der Waals surface area contributed by atoms with Gasteiger partial charge in [0.1, 0.15) is 0 Å². The zero-order valence-electron chi connectivity index (χ0n) is 6.42. The van der Waals surface area contributed by atoms with Gasteiger partial charge in [0.25, 0.3) is 0 Å².